The Balaban J connectivity index is 1.76. The molecule has 3 nitrogen and oxygen atoms in total. The Morgan fingerprint density at radius 2 is 2.16 bits per heavy atom. The van der Waals surface area contributed by atoms with Crippen LogP contribution in [0.25, 0.3) is 0 Å². The average molecular weight is 267 g/mol. The zero-order valence-corrected chi connectivity index (χ0v) is 10.9. The number of aromatic nitrogens is 1. The van der Waals surface area contributed by atoms with Gasteiger partial charge in [0.05, 0.1) is 0 Å². The first kappa shape index (κ1) is 12.8. The number of anilines is 1. The van der Waals surface area contributed by atoms with Crippen molar-refractivity contribution < 1.29 is 8.78 Å². The van der Waals surface area contributed by atoms with Gasteiger partial charge in [-0.3, -0.25) is 0 Å². The molecule has 1 aromatic rings. The number of aryl methyl sites for hydroxylation is 1. The molecule has 1 aliphatic heterocycles. The molecule has 2 N–H and O–H groups in total. The largest absolute Gasteiger partial charge is 0.356 e. The third-order valence-corrected chi connectivity index (χ3v) is 4.19. The monoisotopic (exact) mass is 267 g/mol. The molecule has 0 amide bonds. The average Bonchev–Trinajstić information content (AvgIpc) is 2.88. The summed E-state index contributed by atoms with van der Waals surface area (Å²) in [4.78, 5) is 6.63. The molecule has 2 atom stereocenters. The SMILES string of the molecule is NC1CCc2nc(N3CCC(C(F)F)C3)ccc2C1. The highest BCUT2D eigenvalue weighted by molar-refractivity contribution is 5.43. The van der Waals surface area contributed by atoms with Gasteiger partial charge in [-0.1, -0.05) is 6.07 Å². The van der Waals surface area contributed by atoms with Gasteiger partial charge in [-0.2, -0.15) is 0 Å². The third kappa shape index (κ3) is 2.56. The Bertz CT molecular complexity index is 464. The summed E-state index contributed by atoms with van der Waals surface area (Å²) < 4.78 is 25.4. The van der Waals surface area contributed by atoms with Gasteiger partial charge in [0.2, 0.25) is 6.43 Å². The topological polar surface area (TPSA) is 42.1 Å². The fourth-order valence-electron chi connectivity index (χ4n) is 3.00. The number of fused-ring (bicyclic) bond motifs is 1. The van der Waals surface area contributed by atoms with Crippen LogP contribution in [0.3, 0.4) is 0 Å². The third-order valence-electron chi connectivity index (χ3n) is 4.19. The van der Waals surface area contributed by atoms with Crippen LogP contribution >= 0.6 is 0 Å². The summed E-state index contributed by atoms with van der Waals surface area (Å²) in [5.41, 5.74) is 8.25. The minimum Gasteiger partial charge on any atom is -0.356 e. The summed E-state index contributed by atoms with van der Waals surface area (Å²) in [5, 5.41) is 0. The lowest BCUT2D eigenvalue weighted by atomic mass is 9.92. The molecule has 19 heavy (non-hydrogen) atoms. The Hall–Kier alpha value is -1.23. The second-order valence-electron chi connectivity index (χ2n) is 5.61. The summed E-state index contributed by atoms with van der Waals surface area (Å²) in [6, 6.07) is 4.24. The molecule has 1 saturated heterocycles. The van der Waals surface area contributed by atoms with Crippen molar-refractivity contribution in [2.75, 3.05) is 18.0 Å². The molecule has 2 unspecified atom stereocenters. The Kier molecular flexibility index (Phi) is 3.39. The predicted octanol–water partition coefficient (Wildman–Crippen LogP) is 1.99. The number of nitrogens with two attached hydrogens (primary N) is 1. The maximum absolute atomic E-state index is 12.7. The summed E-state index contributed by atoms with van der Waals surface area (Å²) in [6.07, 6.45) is 1.07. The van der Waals surface area contributed by atoms with E-state index >= 15 is 0 Å². The number of hydrogen-bond donors (Lipinski definition) is 1. The van der Waals surface area contributed by atoms with Gasteiger partial charge in [0, 0.05) is 30.7 Å². The molecule has 0 bridgehead atoms. The molecular formula is C14H19F2N3. The van der Waals surface area contributed by atoms with Crippen LogP contribution in [0.15, 0.2) is 12.1 Å². The first-order chi connectivity index (χ1) is 9.13. The smallest absolute Gasteiger partial charge is 0.243 e. The summed E-state index contributed by atoms with van der Waals surface area (Å²) in [7, 11) is 0. The number of pyridine rings is 1. The highest BCUT2D eigenvalue weighted by Crippen LogP contribution is 2.28. The number of rotatable bonds is 2. The zero-order valence-electron chi connectivity index (χ0n) is 10.9. The van der Waals surface area contributed by atoms with E-state index in [1.54, 1.807) is 0 Å². The highest BCUT2D eigenvalue weighted by atomic mass is 19.3. The van der Waals surface area contributed by atoms with Crippen LogP contribution in [0.2, 0.25) is 0 Å². The molecule has 1 aromatic heterocycles. The molecule has 5 heteroatoms. The van der Waals surface area contributed by atoms with Crippen molar-refractivity contribution in [3.8, 4) is 0 Å². The van der Waals surface area contributed by atoms with E-state index in [9.17, 15) is 8.78 Å². The van der Waals surface area contributed by atoms with Gasteiger partial charge in [0.25, 0.3) is 0 Å². The van der Waals surface area contributed by atoms with E-state index < -0.39 is 12.3 Å². The van der Waals surface area contributed by atoms with Crippen LogP contribution in [0.1, 0.15) is 24.1 Å². The van der Waals surface area contributed by atoms with Crippen molar-refractivity contribution in [2.45, 2.75) is 38.2 Å². The maximum Gasteiger partial charge on any atom is 0.243 e. The molecule has 3 rings (SSSR count). The quantitative estimate of drug-likeness (QED) is 0.891. The lowest BCUT2D eigenvalue weighted by Crippen LogP contribution is -2.29. The highest BCUT2D eigenvalue weighted by Gasteiger charge is 2.30. The number of alkyl halides is 2. The molecule has 2 heterocycles. The molecule has 2 aliphatic rings. The maximum atomic E-state index is 12.7. The lowest BCUT2D eigenvalue weighted by Gasteiger charge is -2.24. The fraction of sp³-hybridized carbons (Fsp3) is 0.643. The molecule has 1 fully saturated rings. The lowest BCUT2D eigenvalue weighted by molar-refractivity contribution is 0.0880. The van der Waals surface area contributed by atoms with Gasteiger partial charge in [-0.15, -0.1) is 0 Å². The van der Waals surface area contributed by atoms with Crippen molar-refractivity contribution in [3.63, 3.8) is 0 Å². The fourth-order valence-corrected chi connectivity index (χ4v) is 3.00. The van der Waals surface area contributed by atoms with E-state index in [4.69, 9.17) is 5.73 Å². The number of halogens is 2. The normalized spacial score (nSPS) is 26.8. The van der Waals surface area contributed by atoms with Crippen molar-refractivity contribution in [2.24, 2.45) is 11.7 Å². The standard InChI is InChI=1S/C14H19F2N3/c15-14(16)10-5-6-19(8-10)13-4-1-9-7-11(17)2-3-12(9)18-13/h1,4,10-11,14H,2-3,5-8,17H2. The first-order valence-electron chi connectivity index (χ1n) is 6.91. The second-order valence-corrected chi connectivity index (χ2v) is 5.61. The first-order valence-corrected chi connectivity index (χ1v) is 6.91. The van der Waals surface area contributed by atoms with E-state index in [1.807, 2.05) is 11.0 Å². The molecule has 0 saturated carbocycles. The minimum atomic E-state index is -2.22. The van der Waals surface area contributed by atoms with Crippen LogP contribution in [0.5, 0.6) is 0 Å². The predicted molar refractivity (Wildman–Crippen MR) is 70.6 cm³/mol. The van der Waals surface area contributed by atoms with E-state index in [1.165, 1.54) is 5.56 Å². The zero-order chi connectivity index (χ0) is 13.4. The van der Waals surface area contributed by atoms with E-state index in [0.717, 1.165) is 30.8 Å². The van der Waals surface area contributed by atoms with Crippen LogP contribution in [0, 0.1) is 5.92 Å². The number of nitrogens with zero attached hydrogens (tertiary/aromatic N) is 2. The van der Waals surface area contributed by atoms with Gasteiger partial charge in [-0.05, 0) is 37.3 Å². The van der Waals surface area contributed by atoms with Crippen molar-refractivity contribution >= 4 is 5.82 Å². The molecule has 104 valence electrons. The van der Waals surface area contributed by atoms with Crippen LogP contribution < -0.4 is 10.6 Å². The van der Waals surface area contributed by atoms with Crippen molar-refractivity contribution in [1.82, 2.24) is 4.98 Å². The molecule has 0 spiro atoms. The molecule has 0 radical (unpaired) electrons. The van der Waals surface area contributed by atoms with Gasteiger partial charge < -0.3 is 10.6 Å². The van der Waals surface area contributed by atoms with Crippen LogP contribution in [-0.4, -0.2) is 30.5 Å². The molecule has 1 aliphatic carbocycles. The van der Waals surface area contributed by atoms with Gasteiger partial charge in [-0.25, -0.2) is 13.8 Å². The van der Waals surface area contributed by atoms with Gasteiger partial charge in [0.15, 0.2) is 0 Å². The summed E-state index contributed by atoms with van der Waals surface area (Å²) in [6.45, 7) is 1.10. The van der Waals surface area contributed by atoms with Crippen LogP contribution in [0.4, 0.5) is 14.6 Å². The second kappa shape index (κ2) is 5.04. The summed E-state index contributed by atoms with van der Waals surface area (Å²) in [5.74, 6) is 0.337. The summed E-state index contributed by atoms with van der Waals surface area (Å²) >= 11 is 0. The van der Waals surface area contributed by atoms with E-state index in [0.29, 0.717) is 19.5 Å². The molecular weight excluding hydrogens is 248 g/mol. The van der Waals surface area contributed by atoms with Crippen LogP contribution in [-0.2, 0) is 12.8 Å². The van der Waals surface area contributed by atoms with Crippen molar-refractivity contribution in [1.29, 1.82) is 0 Å². The van der Waals surface area contributed by atoms with Gasteiger partial charge in [0.1, 0.15) is 5.82 Å². The van der Waals surface area contributed by atoms with E-state index in [2.05, 4.69) is 11.1 Å². The Morgan fingerprint density at radius 3 is 2.89 bits per heavy atom. The number of hydrogen-bond acceptors (Lipinski definition) is 3. The minimum absolute atomic E-state index is 0.232. The van der Waals surface area contributed by atoms with Gasteiger partial charge >= 0.3 is 0 Å². The van der Waals surface area contributed by atoms with Crippen molar-refractivity contribution in [3.05, 3.63) is 23.4 Å². The Morgan fingerprint density at radius 1 is 1.32 bits per heavy atom. The molecule has 0 aromatic carbocycles. The Labute approximate surface area is 111 Å². The van der Waals surface area contributed by atoms with E-state index in [-0.39, 0.29) is 6.04 Å².